The summed E-state index contributed by atoms with van der Waals surface area (Å²) in [6.07, 6.45) is 3.14. The van der Waals surface area contributed by atoms with E-state index < -0.39 is 35.7 Å². The summed E-state index contributed by atoms with van der Waals surface area (Å²) in [5, 5.41) is 18.5. The normalized spacial score (nSPS) is 17.3. The van der Waals surface area contributed by atoms with Gasteiger partial charge in [-0.1, -0.05) is 84.8 Å². The number of nitrogens with one attached hydrogen (secondary N) is 3. The van der Waals surface area contributed by atoms with E-state index in [9.17, 15) is 29.2 Å². The molecule has 0 radical (unpaired) electrons. The smallest absolute Gasteiger partial charge is 0.264 e. The van der Waals surface area contributed by atoms with Gasteiger partial charge in [0, 0.05) is 43.4 Å². The standard InChI is InChI=1S/C51H49ClN6O7/c1-32-36(15-8-16-38(32)35-13-3-2-4-14-35)31-65-45-27-44(64-30-34-12-7-11-33(25-34)28-53)37(26-40(45)52)29-57-24-6-5-19-42(57)48(60)55-23-10-22-54-41-18-9-17-39-47(41)51(63)58(50(39)62)43-20-21-46(59)56-49(43)61/h2-4,7-9,11-18,25-27,42-43,54H,5-6,10,19-24,29-31H2,1H3,(H,55,60)(H,56,59,61). The maximum atomic E-state index is 13.8. The number of ether oxygens (including phenoxy) is 2. The maximum Gasteiger partial charge on any atom is 0.264 e. The largest absolute Gasteiger partial charge is 0.488 e. The fourth-order valence-corrected chi connectivity index (χ4v) is 9.00. The number of anilines is 1. The minimum atomic E-state index is -1.05. The second-order valence-corrected chi connectivity index (χ2v) is 16.9. The number of benzene rings is 5. The van der Waals surface area contributed by atoms with Crippen LogP contribution in [-0.4, -0.2) is 71.1 Å². The number of nitrogens with zero attached hydrogens (tertiary/aromatic N) is 3. The zero-order valence-electron chi connectivity index (χ0n) is 36.0. The highest BCUT2D eigenvalue weighted by molar-refractivity contribution is 6.32. The van der Waals surface area contributed by atoms with Crippen molar-refractivity contribution in [2.45, 2.75) is 77.3 Å². The van der Waals surface area contributed by atoms with E-state index in [1.165, 1.54) is 0 Å². The highest BCUT2D eigenvalue weighted by atomic mass is 35.5. The minimum absolute atomic E-state index is 0.0400. The average molecular weight is 893 g/mol. The van der Waals surface area contributed by atoms with Gasteiger partial charge in [-0.25, -0.2) is 0 Å². The monoisotopic (exact) mass is 892 g/mol. The van der Waals surface area contributed by atoms with Gasteiger partial charge in [0.25, 0.3) is 11.8 Å². The van der Waals surface area contributed by atoms with Crippen LogP contribution in [0.2, 0.25) is 5.02 Å². The molecule has 14 heteroatoms. The van der Waals surface area contributed by atoms with Gasteiger partial charge >= 0.3 is 0 Å². The first-order valence-electron chi connectivity index (χ1n) is 21.9. The van der Waals surface area contributed by atoms with Crippen LogP contribution in [0.25, 0.3) is 11.1 Å². The Balaban J connectivity index is 0.918. The SMILES string of the molecule is Cc1c(COc2cc(OCc3cccc(C#N)c3)c(CN3CCCCC3C(=O)NCCCNc3cccc4c3C(=O)N(C3CCC(=O)NC3=O)C4=O)cc2Cl)cccc1-c1ccccc1. The van der Waals surface area contributed by atoms with E-state index in [4.69, 9.17) is 21.1 Å². The summed E-state index contributed by atoms with van der Waals surface area (Å²) in [5.41, 5.74) is 7.38. The number of carbonyl (C=O) groups is 5. The van der Waals surface area contributed by atoms with Crippen molar-refractivity contribution in [1.29, 1.82) is 5.26 Å². The van der Waals surface area contributed by atoms with Crippen molar-refractivity contribution in [2.75, 3.05) is 25.0 Å². The van der Waals surface area contributed by atoms with E-state index in [0.29, 0.717) is 66.8 Å². The topological polar surface area (TPSA) is 170 Å². The summed E-state index contributed by atoms with van der Waals surface area (Å²) >= 11 is 6.96. The molecule has 3 N–H and O–H groups in total. The predicted octanol–water partition coefficient (Wildman–Crippen LogP) is 7.72. The summed E-state index contributed by atoms with van der Waals surface area (Å²) < 4.78 is 12.9. The molecule has 5 aromatic rings. The highest BCUT2D eigenvalue weighted by Crippen LogP contribution is 2.37. The Morgan fingerprint density at radius 1 is 0.831 bits per heavy atom. The minimum Gasteiger partial charge on any atom is -0.488 e. The molecule has 0 aromatic heterocycles. The molecule has 3 heterocycles. The number of hydrogen-bond donors (Lipinski definition) is 3. The second-order valence-electron chi connectivity index (χ2n) is 16.5. The maximum absolute atomic E-state index is 13.8. The summed E-state index contributed by atoms with van der Waals surface area (Å²) in [6, 6.07) is 33.0. The van der Waals surface area contributed by atoms with Crippen molar-refractivity contribution in [3.63, 3.8) is 0 Å². The van der Waals surface area contributed by atoms with E-state index in [-0.39, 0.29) is 43.1 Å². The lowest BCUT2D eigenvalue weighted by molar-refractivity contribution is -0.136. The number of nitriles is 1. The van der Waals surface area contributed by atoms with Gasteiger partial charge in [-0.3, -0.25) is 39.1 Å². The molecule has 3 aliphatic rings. The van der Waals surface area contributed by atoms with Gasteiger partial charge in [0.2, 0.25) is 17.7 Å². The van der Waals surface area contributed by atoms with Gasteiger partial charge < -0.3 is 20.1 Å². The zero-order chi connectivity index (χ0) is 45.5. The van der Waals surface area contributed by atoms with Gasteiger partial charge in [0.1, 0.15) is 30.8 Å². The Bertz CT molecular complexity index is 2680. The summed E-state index contributed by atoms with van der Waals surface area (Å²) in [7, 11) is 0. The van der Waals surface area contributed by atoms with Crippen molar-refractivity contribution in [3.8, 4) is 28.7 Å². The molecule has 0 spiro atoms. The molecule has 332 valence electrons. The number of halogens is 1. The third-order valence-electron chi connectivity index (χ3n) is 12.2. The van der Waals surface area contributed by atoms with Gasteiger partial charge in [0.05, 0.1) is 33.8 Å². The number of piperidine rings is 2. The third-order valence-corrected chi connectivity index (χ3v) is 12.5. The average Bonchev–Trinajstić information content (AvgIpc) is 3.57. The van der Waals surface area contributed by atoms with Gasteiger partial charge in [-0.05, 0) is 97.3 Å². The van der Waals surface area contributed by atoms with Crippen LogP contribution in [-0.2, 0) is 34.1 Å². The van der Waals surface area contributed by atoms with E-state index >= 15 is 0 Å². The van der Waals surface area contributed by atoms with Crippen LogP contribution in [0.1, 0.15) is 87.1 Å². The molecule has 2 fully saturated rings. The fraction of sp³-hybridized carbons (Fsp3) is 0.294. The van der Waals surface area contributed by atoms with Crippen molar-refractivity contribution >= 4 is 46.8 Å². The Kier molecular flexibility index (Phi) is 13.9. The van der Waals surface area contributed by atoms with Crippen molar-refractivity contribution in [3.05, 3.63) is 147 Å². The van der Waals surface area contributed by atoms with Crippen LogP contribution >= 0.6 is 11.6 Å². The second kappa shape index (κ2) is 20.2. The predicted molar refractivity (Wildman–Crippen MR) is 245 cm³/mol. The molecule has 0 bridgehead atoms. The molecule has 8 rings (SSSR count). The molecule has 5 amide bonds. The molecule has 13 nitrogen and oxygen atoms in total. The Morgan fingerprint density at radius 2 is 1.62 bits per heavy atom. The molecular weight excluding hydrogens is 844 g/mol. The lowest BCUT2D eigenvalue weighted by Crippen LogP contribution is -2.54. The lowest BCUT2D eigenvalue weighted by Gasteiger charge is -2.35. The number of likely N-dealkylation sites (tertiary alicyclic amines) is 1. The number of rotatable bonds is 16. The van der Waals surface area contributed by atoms with Crippen LogP contribution in [0.5, 0.6) is 11.5 Å². The Morgan fingerprint density at radius 3 is 2.43 bits per heavy atom. The third kappa shape index (κ3) is 10.0. The van der Waals surface area contributed by atoms with Crippen LogP contribution < -0.4 is 25.4 Å². The summed E-state index contributed by atoms with van der Waals surface area (Å²) in [5.74, 6) is -1.32. The highest BCUT2D eigenvalue weighted by Gasteiger charge is 2.45. The lowest BCUT2D eigenvalue weighted by atomic mass is 9.97. The van der Waals surface area contributed by atoms with Gasteiger partial charge in [-0.15, -0.1) is 0 Å². The van der Waals surface area contributed by atoms with Crippen LogP contribution in [0, 0.1) is 18.3 Å². The summed E-state index contributed by atoms with van der Waals surface area (Å²) in [4.78, 5) is 67.9. The number of hydrogen-bond acceptors (Lipinski definition) is 10. The van der Waals surface area contributed by atoms with E-state index in [1.807, 2.05) is 54.6 Å². The number of amides is 5. The van der Waals surface area contributed by atoms with Crippen LogP contribution in [0.4, 0.5) is 5.69 Å². The van der Waals surface area contributed by atoms with E-state index in [1.54, 1.807) is 30.3 Å². The van der Waals surface area contributed by atoms with E-state index in [0.717, 1.165) is 51.1 Å². The first-order chi connectivity index (χ1) is 31.6. The fourth-order valence-electron chi connectivity index (χ4n) is 8.76. The van der Waals surface area contributed by atoms with Gasteiger partial charge in [0.15, 0.2) is 0 Å². The molecule has 2 atom stereocenters. The Labute approximate surface area is 382 Å². The van der Waals surface area contributed by atoms with E-state index in [2.05, 4.69) is 52.0 Å². The van der Waals surface area contributed by atoms with Gasteiger partial charge in [-0.2, -0.15) is 5.26 Å². The first-order valence-corrected chi connectivity index (χ1v) is 22.3. The molecule has 0 aliphatic carbocycles. The molecular formula is C51H49ClN6O7. The molecule has 0 saturated carbocycles. The summed E-state index contributed by atoms with van der Waals surface area (Å²) in [6.45, 7) is 4.42. The zero-order valence-corrected chi connectivity index (χ0v) is 36.8. The number of imide groups is 2. The molecule has 5 aromatic carbocycles. The number of fused-ring (bicyclic) bond motifs is 1. The van der Waals surface area contributed by atoms with Crippen LogP contribution in [0.3, 0.4) is 0 Å². The Hall–Kier alpha value is -7.01. The molecule has 65 heavy (non-hydrogen) atoms. The molecule has 2 saturated heterocycles. The van der Waals surface area contributed by atoms with Crippen LogP contribution in [0.15, 0.2) is 103 Å². The number of carbonyl (C=O) groups excluding carboxylic acids is 5. The quantitative estimate of drug-likeness (QED) is 0.0659. The van der Waals surface area contributed by atoms with Crippen molar-refractivity contribution < 1.29 is 33.4 Å². The van der Waals surface area contributed by atoms with Crippen molar-refractivity contribution in [1.82, 2.24) is 20.4 Å². The molecule has 2 unspecified atom stereocenters. The van der Waals surface area contributed by atoms with Crippen molar-refractivity contribution in [2.24, 2.45) is 0 Å². The molecule has 3 aliphatic heterocycles. The first kappa shape index (κ1) is 44.6.